The molecule has 0 bridgehead atoms. The number of benzene rings is 3. The molecule has 0 saturated heterocycles. The van der Waals surface area contributed by atoms with Crippen molar-refractivity contribution in [3.8, 4) is 5.75 Å². The molecule has 178 valence electrons. The van der Waals surface area contributed by atoms with Crippen molar-refractivity contribution in [2.45, 2.75) is 56.1 Å². The van der Waals surface area contributed by atoms with Crippen LogP contribution in [0.25, 0.3) is 0 Å². The van der Waals surface area contributed by atoms with Crippen LogP contribution in [0.1, 0.15) is 76.3 Å². The van der Waals surface area contributed by atoms with E-state index in [-0.39, 0.29) is 29.9 Å². The van der Waals surface area contributed by atoms with Gasteiger partial charge in [0, 0.05) is 11.6 Å². The van der Waals surface area contributed by atoms with Gasteiger partial charge >= 0.3 is 0 Å². The predicted molar refractivity (Wildman–Crippen MR) is 134 cm³/mol. The molecule has 1 aliphatic heterocycles. The van der Waals surface area contributed by atoms with Crippen molar-refractivity contribution in [2.75, 3.05) is 7.11 Å². The van der Waals surface area contributed by atoms with Crippen molar-refractivity contribution < 1.29 is 14.3 Å². The van der Waals surface area contributed by atoms with E-state index in [4.69, 9.17) is 4.74 Å². The minimum atomic E-state index is -0.495. The lowest BCUT2D eigenvalue weighted by Crippen LogP contribution is -2.49. The second kappa shape index (κ2) is 8.88. The van der Waals surface area contributed by atoms with Crippen molar-refractivity contribution in [1.29, 1.82) is 0 Å². The Hall–Kier alpha value is -3.60. The van der Waals surface area contributed by atoms with Crippen LogP contribution in [0.3, 0.4) is 0 Å². The van der Waals surface area contributed by atoms with Gasteiger partial charge in [-0.15, -0.1) is 0 Å². The van der Waals surface area contributed by atoms with Crippen LogP contribution in [-0.4, -0.2) is 29.9 Å². The predicted octanol–water partition coefficient (Wildman–Crippen LogP) is 5.33. The largest absolute Gasteiger partial charge is 0.497 e. The summed E-state index contributed by atoms with van der Waals surface area (Å²) in [5, 5.41) is 3.40. The molecule has 5 heteroatoms. The molecule has 0 spiro atoms. The molecule has 0 aromatic heterocycles. The molecule has 0 unspecified atom stereocenters. The maximum atomic E-state index is 14.2. The van der Waals surface area contributed by atoms with E-state index < -0.39 is 5.92 Å². The number of carbonyl (C=O) groups is 2. The number of amides is 2. The third-order valence-corrected chi connectivity index (χ3v) is 7.72. The van der Waals surface area contributed by atoms with Gasteiger partial charge in [-0.25, -0.2) is 0 Å². The highest BCUT2D eigenvalue weighted by atomic mass is 16.5. The van der Waals surface area contributed by atoms with Crippen molar-refractivity contribution in [3.05, 3.63) is 101 Å². The van der Waals surface area contributed by atoms with Crippen LogP contribution in [0.2, 0.25) is 0 Å². The average molecular weight is 467 g/mol. The van der Waals surface area contributed by atoms with E-state index in [2.05, 4.69) is 23.5 Å². The van der Waals surface area contributed by atoms with Gasteiger partial charge in [-0.2, -0.15) is 0 Å². The number of methoxy groups -OCH3 is 1. The Kier molecular flexibility index (Phi) is 5.56. The molecule has 1 fully saturated rings. The van der Waals surface area contributed by atoms with Crippen LogP contribution >= 0.6 is 0 Å². The Morgan fingerprint density at radius 2 is 1.71 bits per heavy atom. The van der Waals surface area contributed by atoms with E-state index >= 15 is 0 Å². The number of carbonyl (C=O) groups excluding carboxylic acids is 2. The average Bonchev–Trinajstić information content (AvgIpc) is 3.74. The van der Waals surface area contributed by atoms with Gasteiger partial charge in [-0.05, 0) is 72.6 Å². The Labute approximate surface area is 206 Å². The fraction of sp³-hybridized carbons (Fsp3) is 0.333. The number of fused-ring (bicyclic) bond motifs is 2. The van der Waals surface area contributed by atoms with Gasteiger partial charge in [0.1, 0.15) is 5.75 Å². The van der Waals surface area contributed by atoms with E-state index in [1.54, 1.807) is 7.11 Å². The van der Waals surface area contributed by atoms with Gasteiger partial charge in [0.25, 0.3) is 5.91 Å². The third kappa shape index (κ3) is 3.89. The zero-order valence-electron chi connectivity index (χ0n) is 19.9. The normalized spacial score (nSPS) is 23.3. The first-order valence-electron chi connectivity index (χ1n) is 12.6. The van der Waals surface area contributed by atoms with Gasteiger partial charge in [0.15, 0.2) is 0 Å². The number of nitrogens with one attached hydrogen (secondary N) is 1. The van der Waals surface area contributed by atoms with Crippen LogP contribution in [0.5, 0.6) is 5.75 Å². The summed E-state index contributed by atoms with van der Waals surface area (Å²) >= 11 is 0. The van der Waals surface area contributed by atoms with Gasteiger partial charge in [-0.3, -0.25) is 9.59 Å². The van der Waals surface area contributed by atoms with Crippen LogP contribution in [0.15, 0.2) is 72.8 Å². The summed E-state index contributed by atoms with van der Waals surface area (Å²) in [6.45, 7) is 0. The molecular formula is C30H30N2O3. The molecule has 2 amide bonds. The first kappa shape index (κ1) is 21.9. The monoisotopic (exact) mass is 466 g/mol. The van der Waals surface area contributed by atoms with E-state index in [0.717, 1.165) is 49.0 Å². The zero-order chi connectivity index (χ0) is 23.9. The SMILES string of the molecule is COc1cccc([C@@H]2[C@H](C(=O)N[C@H]3CCCc4ccccc43)c3ccccc3C(=O)N2C2CC2)c1. The molecule has 2 aliphatic carbocycles. The molecule has 0 radical (unpaired) electrons. The van der Waals surface area contributed by atoms with Gasteiger partial charge in [-0.1, -0.05) is 54.6 Å². The van der Waals surface area contributed by atoms with Crippen molar-refractivity contribution in [3.63, 3.8) is 0 Å². The molecule has 1 N–H and O–H groups in total. The van der Waals surface area contributed by atoms with E-state index in [1.165, 1.54) is 11.1 Å². The maximum absolute atomic E-state index is 14.2. The number of ether oxygens (including phenoxy) is 1. The van der Waals surface area contributed by atoms with Crippen LogP contribution < -0.4 is 10.1 Å². The molecule has 3 aromatic rings. The molecule has 1 saturated carbocycles. The fourth-order valence-electron chi connectivity index (χ4n) is 5.93. The number of nitrogens with zero attached hydrogens (tertiary/aromatic N) is 1. The summed E-state index contributed by atoms with van der Waals surface area (Å²) in [5.41, 5.74) is 4.91. The zero-order valence-corrected chi connectivity index (χ0v) is 19.9. The fourth-order valence-corrected chi connectivity index (χ4v) is 5.93. The van der Waals surface area contributed by atoms with E-state index in [1.807, 2.05) is 59.5 Å². The molecular weight excluding hydrogens is 436 g/mol. The lowest BCUT2D eigenvalue weighted by molar-refractivity contribution is -0.125. The second-order valence-corrected chi connectivity index (χ2v) is 9.88. The summed E-state index contributed by atoms with van der Waals surface area (Å²) in [7, 11) is 1.64. The number of hydrogen-bond donors (Lipinski definition) is 1. The van der Waals surface area contributed by atoms with Crippen molar-refractivity contribution in [2.24, 2.45) is 0 Å². The first-order valence-corrected chi connectivity index (χ1v) is 12.6. The smallest absolute Gasteiger partial charge is 0.254 e. The molecule has 6 rings (SSSR count). The summed E-state index contributed by atoms with van der Waals surface area (Å²) in [4.78, 5) is 29.9. The molecule has 3 atom stereocenters. The summed E-state index contributed by atoms with van der Waals surface area (Å²) in [6, 6.07) is 23.6. The van der Waals surface area contributed by atoms with Crippen LogP contribution in [0, 0.1) is 0 Å². The topological polar surface area (TPSA) is 58.6 Å². The quantitative estimate of drug-likeness (QED) is 0.553. The maximum Gasteiger partial charge on any atom is 0.254 e. The number of aryl methyl sites for hydroxylation is 1. The Morgan fingerprint density at radius 1 is 0.943 bits per heavy atom. The van der Waals surface area contributed by atoms with E-state index in [0.29, 0.717) is 5.56 Å². The lowest BCUT2D eigenvalue weighted by atomic mass is 9.78. The number of hydrogen-bond acceptors (Lipinski definition) is 3. The number of rotatable bonds is 5. The van der Waals surface area contributed by atoms with Crippen LogP contribution in [0.4, 0.5) is 0 Å². The van der Waals surface area contributed by atoms with Gasteiger partial charge in [0.2, 0.25) is 5.91 Å². The molecule has 5 nitrogen and oxygen atoms in total. The highest BCUT2D eigenvalue weighted by molar-refractivity contribution is 6.01. The minimum absolute atomic E-state index is 0.0161. The standard InChI is InChI=1S/C30H30N2O3/c1-35-22-11-6-10-20(18-22)28-27(24-13-4-5-14-25(24)30(34)32(28)21-16-17-21)29(33)31-26-15-7-9-19-8-2-3-12-23(19)26/h2-6,8,10-14,18,21,26-28H,7,9,15-17H2,1H3,(H,31,33)/t26-,27+,28+/m0/s1. The molecule has 35 heavy (non-hydrogen) atoms. The van der Waals surface area contributed by atoms with E-state index in [9.17, 15) is 9.59 Å². The molecule has 3 aromatic carbocycles. The summed E-state index contributed by atoms with van der Waals surface area (Å²) in [5.74, 6) is 0.226. The Morgan fingerprint density at radius 3 is 2.51 bits per heavy atom. The Balaban J connectivity index is 1.44. The Bertz CT molecular complexity index is 1280. The molecule has 1 heterocycles. The third-order valence-electron chi connectivity index (χ3n) is 7.72. The van der Waals surface area contributed by atoms with Crippen molar-refractivity contribution >= 4 is 11.8 Å². The summed E-state index contributed by atoms with van der Waals surface area (Å²) < 4.78 is 5.51. The highest BCUT2D eigenvalue weighted by Gasteiger charge is 2.49. The second-order valence-electron chi connectivity index (χ2n) is 9.88. The first-order chi connectivity index (χ1) is 17.2. The van der Waals surface area contributed by atoms with Gasteiger partial charge < -0.3 is 15.0 Å². The summed E-state index contributed by atoms with van der Waals surface area (Å²) in [6.07, 6.45) is 4.96. The lowest BCUT2D eigenvalue weighted by Gasteiger charge is -2.42. The van der Waals surface area contributed by atoms with Crippen molar-refractivity contribution in [1.82, 2.24) is 10.2 Å². The van der Waals surface area contributed by atoms with Crippen LogP contribution in [-0.2, 0) is 11.2 Å². The molecule has 3 aliphatic rings. The van der Waals surface area contributed by atoms with Gasteiger partial charge in [0.05, 0.1) is 25.1 Å². The highest BCUT2D eigenvalue weighted by Crippen LogP contribution is 2.48. The minimum Gasteiger partial charge on any atom is -0.497 e.